The number of hydrogen-bond acceptors (Lipinski definition) is 11. The Balaban J connectivity index is 1.28. The van der Waals surface area contributed by atoms with Gasteiger partial charge in [-0.05, 0) is 24.6 Å². The molecule has 0 unspecified atom stereocenters. The summed E-state index contributed by atoms with van der Waals surface area (Å²) >= 11 is 5.98. The molecule has 0 radical (unpaired) electrons. The van der Waals surface area contributed by atoms with Gasteiger partial charge in [0, 0.05) is 22.3 Å². The number of hydrogen-bond donors (Lipinski definition) is 2. The summed E-state index contributed by atoms with van der Waals surface area (Å²) in [7, 11) is 0. The Morgan fingerprint density at radius 3 is 2.55 bits per heavy atom. The van der Waals surface area contributed by atoms with E-state index in [1.807, 2.05) is 12.1 Å². The monoisotopic (exact) mass is 480 g/mol. The predicted octanol–water partition coefficient (Wildman–Crippen LogP) is 2.73. The second-order valence-corrected chi connectivity index (χ2v) is 8.29. The third-order valence-corrected chi connectivity index (χ3v) is 6.08. The molecule has 0 saturated carbocycles. The quantitative estimate of drug-likeness (QED) is 0.484. The maximum absolute atomic E-state index is 12.6. The first kappa shape index (κ1) is 22.4. The molecule has 0 bridgehead atoms. The molecule has 5 rings (SSSR count). The molecule has 5 atom stereocenters. The Bertz CT molecular complexity index is 1040. The average molecular weight is 481 g/mol. The van der Waals surface area contributed by atoms with Crippen molar-refractivity contribution in [2.45, 2.75) is 44.1 Å². The number of ether oxygens (including phenoxy) is 5. The summed E-state index contributed by atoms with van der Waals surface area (Å²) in [5.74, 6) is 0.286. The second kappa shape index (κ2) is 9.12. The number of benzene rings is 1. The van der Waals surface area contributed by atoms with Crippen LogP contribution in [0.25, 0.3) is 0 Å². The van der Waals surface area contributed by atoms with Gasteiger partial charge in [0.2, 0.25) is 0 Å². The smallest absolute Gasteiger partial charge is 0.425 e. The molecule has 33 heavy (non-hydrogen) atoms. The Morgan fingerprint density at radius 2 is 1.82 bits per heavy atom. The summed E-state index contributed by atoms with van der Waals surface area (Å²) in [5.41, 5.74) is 2.94. The first-order chi connectivity index (χ1) is 15.9. The number of halogens is 1. The summed E-state index contributed by atoms with van der Waals surface area (Å²) in [6, 6.07) is 7.31. The fourth-order valence-corrected chi connectivity index (χ4v) is 4.43. The molecule has 11 nitrogen and oxygen atoms in total. The van der Waals surface area contributed by atoms with Crippen molar-refractivity contribution >= 4 is 17.8 Å². The molecular formula is C21H21ClN2O9. The maximum atomic E-state index is 12.6. The van der Waals surface area contributed by atoms with Crippen molar-refractivity contribution < 1.29 is 43.7 Å². The lowest BCUT2D eigenvalue weighted by molar-refractivity contribution is -0.507. The van der Waals surface area contributed by atoms with E-state index < -0.39 is 36.0 Å². The summed E-state index contributed by atoms with van der Waals surface area (Å²) in [6.45, 7) is 2.06. The van der Waals surface area contributed by atoms with Gasteiger partial charge in [-0.1, -0.05) is 23.7 Å². The molecule has 2 saturated heterocycles. The standard InChI is InChI=1S/C21H21ClN2O9/c1-10-17(14-7-28-18(13(14)6-23-10)11-2-4-12(22)5-3-11)32-21(25)31-15-8-29-20-16(33-24(26)27)9-30-19(15)20/h2-6,15-16,18-20,26-27H,7-9H2,1H3/t15-,16-,18-,19+,20+/m0/s1. The van der Waals surface area contributed by atoms with Crippen molar-refractivity contribution in [2.75, 3.05) is 13.2 Å². The Kier molecular flexibility index (Phi) is 6.20. The van der Waals surface area contributed by atoms with Gasteiger partial charge >= 0.3 is 6.16 Å². The van der Waals surface area contributed by atoms with Crippen LogP contribution in [-0.2, 0) is 30.4 Å². The lowest BCUT2D eigenvalue weighted by Gasteiger charge is -2.18. The number of pyridine rings is 1. The van der Waals surface area contributed by atoms with E-state index in [1.165, 1.54) is 0 Å². The van der Waals surface area contributed by atoms with Crippen LogP contribution in [0.15, 0.2) is 30.5 Å². The minimum Gasteiger partial charge on any atom is -0.425 e. The zero-order chi connectivity index (χ0) is 23.1. The van der Waals surface area contributed by atoms with Crippen LogP contribution in [0.3, 0.4) is 0 Å². The lowest BCUT2D eigenvalue weighted by atomic mass is 10.0. The van der Waals surface area contributed by atoms with Crippen LogP contribution in [0.1, 0.15) is 28.5 Å². The minimum atomic E-state index is -0.934. The van der Waals surface area contributed by atoms with Crippen LogP contribution in [0.5, 0.6) is 5.75 Å². The molecular weight excluding hydrogens is 460 g/mol. The zero-order valence-corrected chi connectivity index (χ0v) is 18.2. The summed E-state index contributed by atoms with van der Waals surface area (Å²) < 4.78 is 28.0. The van der Waals surface area contributed by atoms with E-state index in [4.69, 9.17) is 50.5 Å². The van der Waals surface area contributed by atoms with Crippen LogP contribution in [-0.4, -0.2) is 64.6 Å². The molecule has 2 aromatic rings. The highest BCUT2D eigenvalue weighted by atomic mass is 35.5. The van der Waals surface area contributed by atoms with Gasteiger partial charge in [-0.25, -0.2) is 9.63 Å². The van der Waals surface area contributed by atoms with Gasteiger partial charge in [0.15, 0.2) is 11.9 Å². The SMILES string of the molecule is Cc1ncc2c(c1OC(=O)O[C@H]1CO[C@H]3[C@@H]1OC[C@@H]3ON(O)O)CO[C@H]2c1ccc(Cl)cc1. The van der Waals surface area contributed by atoms with Crippen LogP contribution in [0, 0.1) is 6.92 Å². The summed E-state index contributed by atoms with van der Waals surface area (Å²) in [5, 5.41) is 17.9. The largest absolute Gasteiger partial charge is 0.514 e. The molecule has 0 aliphatic carbocycles. The topological polar surface area (TPSA) is 129 Å². The van der Waals surface area contributed by atoms with Crippen LogP contribution in [0.4, 0.5) is 4.79 Å². The van der Waals surface area contributed by atoms with E-state index in [0.29, 0.717) is 10.7 Å². The first-order valence-electron chi connectivity index (χ1n) is 10.2. The van der Waals surface area contributed by atoms with E-state index in [2.05, 4.69) is 4.98 Å². The third kappa shape index (κ3) is 4.42. The minimum absolute atomic E-state index is 0.0422. The fourth-order valence-electron chi connectivity index (χ4n) is 4.31. The highest BCUT2D eigenvalue weighted by Gasteiger charge is 2.51. The first-order valence-corrected chi connectivity index (χ1v) is 10.6. The number of rotatable bonds is 5. The summed E-state index contributed by atoms with van der Waals surface area (Å²) in [4.78, 5) is 21.7. The van der Waals surface area contributed by atoms with Crippen molar-refractivity contribution in [2.24, 2.45) is 0 Å². The number of fused-ring (bicyclic) bond motifs is 2. The number of carbonyl (C=O) groups is 1. The van der Waals surface area contributed by atoms with Crippen molar-refractivity contribution in [3.05, 3.63) is 57.9 Å². The highest BCUT2D eigenvalue weighted by molar-refractivity contribution is 6.30. The van der Waals surface area contributed by atoms with E-state index >= 15 is 0 Å². The van der Waals surface area contributed by atoms with E-state index in [9.17, 15) is 4.79 Å². The molecule has 12 heteroatoms. The second-order valence-electron chi connectivity index (χ2n) is 7.85. The normalized spacial score (nSPS) is 28.1. The molecule has 1 aromatic carbocycles. The van der Waals surface area contributed by atoms with Crippen LogP contribution in [0.2, 0.25) is 5.02 Å². The third-order valence-electron chi connectivity index (χ3n) is 5.82. The van der Waals surface area contributed by atoms with Gasteiger partial charge in [0.1, 0.15) is 24.4 Å². The number of nitrogens with zero attached hydrogens (tertiary/aromatic N) is 2. The molecule has 1 aromatic heterocycles. The van der Waals surface area contributed by atoms with Crippen molar-refractivity contribution in [3.63, 3.8) is 0 Å². The molecule has 3 aliphatic heterocycles. The number of aromatic nitrogens is 1. The molecule has 2 N–H and O–H groups in total. The number of carbonyl (C=O) groups excluding carboxylic acids is 1. The van der Waals surface area contributed by atoms with E-state index in [0.717, 1.165) is 16.7 Å². The van der Waals surface area contributed by atoms with Crippen molar-refractivity contribution in [1.82, 2.24) is 10.4 Å². The van der Waals surface area contributed by atoms with Gasteiger partial charge in [0.25, 0.3) is 0 Å². The van der Waals surface area contributed by atoms with Crippen molar-refractivity contribution in [3.8, 4) is 5.75 Å². The number of aryl methyl sites for hydroxylation is 1. The van der Waals surface area contributed by atoms with Gasteiger partial charge in [0.05, 0.1) is 30.9 Å². The lowest BCUT2D eigenvalue weighted by Crippen LogP contribution is -2.37. The fraction of sp³-hybridized carbons (Fsp3) is 0.429. The molecule has 0 amide bonds. The van der Waals surface area contributed by atoms with Gasteiger partial charge in [-0.2, -0.15) is 0 Å². The van der Waals surface area contributed by atoms with E-state index in [1.54, 1.807) is 25.3 Å². The molecule has 176 valence electrons. The van der Waals surface area contributed by atoms with Gasteiger partial charge in [-0.3, -0.25) is 15.4 Å². The molecule has 3 aliphatic rings. The van der Waals surface area contributed by atoms with Crippen molar-refractivity contribution in [1.29, 1.82) is 0 Å². The zero-order valence-electron chi connectivity index (χ0n) is 17.4. The van der Waals surface area contributed by atoms with Gasteiger partial charge < -0.3 is 23.7 Å². The Morgan fingerprint density at radius 1 is 1.12 bits per heavy atom. The summed E-state index contributed by atoms with van der Waals surface area (Å²) in [6.07, 6.45) is -2.32. The molecule has 2 fully saturated rings. The van der Waals surface area contributed by atoms with E-state index in [-0.39, 0.29) is 31.7 Å². The Hall–Kier alpha value is -2.35. The highest BCUT2D eigenvalue weighted by Crippen LogP contribution is 2.41. The van der Waals surface area contributed by atoms with Crippen LogP contribution < -0.4 is 4.74 Å². The Labute approximate surface area is 193 Å². The molecule has 4 heterocycles. The molecule has 0 spiro atoms. The van der Waals surface area contributed by atoms with Crippen LogP contribution >= 0.6 is 11.6 Å². The predicted molar refractivity (Wildman–Crippen MR) is 108 cm³/mol. The average Bonchev–Trinajstić information content (AvgIpc) is 3.48. The van der Waals surface area contributed by atoms with Gasteiger partial charge in [-0.15, -0.1) is 0 Å². The maximum Gasteiger partial charge on any atom is 0.514 e.